The number of carbonyl (C=O) groups excluding carboxylic acids is 1. The van der Waals surface area contributed by atoms with Crippen LogP contribution in [-0.4, -0.2) is 22.4 Å². The topological polar surface area (TPSA) is 54.9 Å². The van der Waals surface area contributed by atoms with Crippen LogP contribution in [0, 0.1) is 13.8 Å². The minimum absolute atomic E-state index is 0.0807. The minimum Gasteiger partial charge on any atom is -0.352 e. The van der Waals surface area contributed by atoms with Gasteiger partial charge in [0.15, 0.2) is 0 Å². The van der Waals surface area contributed by atoms with Crippen LogP contribution < -0.4 is 5.32 Å². The van der Waals surface area contributed by atoms with Crippen molar-refractivity contribution in [2.75, 3.05) is 6.54 Å². The van der Waals surface area contributed by atoms with Crippen LogP contribution in [0.25, 0.3) is 11.0 Å². The summed E-state index contributed by atoms with van der Waals surface area (Å²) >= 11 is 0. The summed E-state index contributed by atoms with van der Waals surface area (Å²) < 4.78 is 0. The largest absolute Gasteiger partial charge is 0.352 e. The molecule has 0 spiro atoms. The first-order chi connectivity index (χ1) is 11.1. The number of fused-ring (bicyclic) bond motifs is 1. The van der Waals surface area contributed by atoms with Gasteiger partial charge in [-0.25, -0.2) is 9.97 Å². The van der Waals surface area contributed by atoms with E-state index in [2.05, 4.69) is 27.4 Å². The van der Waals surface area contributed by atoms with Crippen molar-refractivity contribution in [3.8, 4) is 0 Å². The number of amides is 1. The van der Waals surface area contributed by atoms with Crippen molar-refractivity contribution in [3.05, 3.63) is 71.0 Å². The van der Waals surface area contributed by atoms with E-state index in [1.807, 2.05) is 38.1 Å². The lowest BCUT2D eigenvalue weighted by Crippen LogP contribution is -2.25. The number of carbonyl (C=O) groups is 1. The number of nitrogens with zero attached hydrogens (tertiary/aromatic N) is 2. The van der Waals surface area contributed by atoms with Crippen LogP contribution in [0.5, 0.6) is 0 Å². The van der Waals surface area contributed by atoms with E-state index >= 15 is 0 Å². The first-order valence-electron chi connectivity index (χ1n) is 7.70. The zero-order valence-electron chi connectivity index (χ0n) is 13.3. The highest BCUT2D eigenvalue weighted by atomic mass is 16.1. The molecule has 4 nitrogen and oxygen atoms in total. The summed E-state index contributed by atoms with van der Waals surface area (Å²) in [6.45, 7) is 4.47. The number of nitrogens with one attached hydrogen (secondary N) is 1. The number of aromatic nitrogens is 2. The summed E-state index contributed by atoms with van der Waals surface area (Å²) in [6, 6.07) is 15.6. The Morgan fingerprint density at radius 2 is 1.65 bits per heavy atom. The Morgan fingerprint density at radius 1 is 0.957 bits per heavy atom. The van der Waals surface area contributed by atoms with Gasteiger partial charge in [-0.15, -0.1) is 0 Å². The fraction of sp³-hybridized carbons (Fsp3) is 0.211. The molecule has 0 unspecified atom stereocenters. The van der Waals surface area contributed by atoms with Gasteiger partial charge >= 0.3 is 0 Å². The molecule has 0 aliphatic heterocycles. The third kappa shape index (κ3) is 3.54. The maximum atomic E-state index is 12.3. The normalized spacial score (nSPS) is 10.7. The second-order valence-electron chi connectivity index (χ2n) is 5.59. The molecule has 1 N–H and O–H groups in total. The molecule has 116 valence electrons. The van der Waals surface area contributed by atoms with Crippen molar-refractivity contribution in [1.82, 2.24) is 15.3 Å². The number of rotatable bonds is 4. The molecule has 0 saturated carbocycles. The Hall–Kier alpha value is -2.75. The lowest BCUT2D eigenvalue weighted by Gasteiger charge is -2.07. The van der Waals surface area contributed by atoms with Crippen LogP contribution in [0.3, 0.4) is 0 Å². The highest BCUT2D eigenvalue weighted by molar-refractivity contribution is 5.97. The van der Waals surface area contributed by atoms with Gasteiger partial charge in [0.25, 0.3) is 5.91 Å². The van der Waals surface area contributed by atoms with Gasteiger partial charge in [-0.3, -0.25) is 4.79 Å². The van der Waals surface area contributed by atoms with Crippen LogP contribution in [0.2, 0.25) is 0 Å². The highest BCUT2D eigenvalue weighted by Crippen LogP contribution is 2.14. The van der Waals surface area contributed by atoms with Crippen molar-refractivity contribution in [1.29, 1.82) is 0 Å². The first-order valence-corrected chi connectivity index (χ1v) is 7.70. The van der Waals surface area contributed by atoms with Crippen molar-refractivity contribution >= 4 is 16.9 Å². The SMILES string of the molecule is Cc1nc2ccc(C(=O)NCCc3ccccc3)cc2nc1C. The summed E-state index contributed by atoms with van der Waals surface area (Å²) in [5.41, 5.74) is 5.20. The van der Waals surface area contributed by atoms with E-state index in [9.17, 15) is 4.79 Å². The second-order valence-corrected chi connectivity index (χ2v) is 5.59. The van der Waals surface area contributed by atoms with Gasteiger partial charge in [-0.2, -0.15) is 0 Å². The molecule has 23 heavy (non-hydrogen) atoms. The lowest BCUT2D eigenvalue weighted by atomic mass is 10.1. The molecule has 0 radical (unpaired) electrons. The lowest BCUT2D eigenvalue weighted by molar-refractivity contribution is 0.0954. The van der Waals surface area contributed by atoms with Crippen molar-refractivity contribution in [2.24, 2.45) is 0 Å². The fourth-order valence-corrected chi connectivity index (χ4v) is 2.44. The molecule has 1 aromatic heterocycles. The third-order valence-electron chi connectivity index (χ3n) is 3.88. The smallest absolute Gasteiger partial charge is 0.251 e. The van der Waals surface area contributed by atoms with Gasteiger partial charge in [0, 0.05) is 12.1 Å². The monoisotopic (exact) mass is 305 g/mol. The second kappa shape index (κ2) is 6.57. The molecule has 0 atom stereocenters. The van der Waals surface area contributed by atoms with E-state index in [4.69, 9.17) is 0 Å². The van der Waals surface area contributed by atoms with Crippen LogP contribution in [0.1, 0.15) is 27.3 Å². The van der Waals surface area contributed by atoms with E-state index in [1.165, 1.54) is 5.56 Å². The standard InChI is InChI=1S/C19H19N3O/c1-13-14(2)22-18-12-16(8-9-17(18)21-13)19(23)20-11-10-15-6-4-3-5-7-15/h3-9,12H,10-11H2,1-2H3,(H,20,23). The number of hydrogen-bond acceptors (Lipinski definition) is 3. The predicted octanol–water partition coefficient (Wildman–Crippen LogP) is 3.22. The van der Waals surface area contributed by atoms with Gasteiger partial charge in [-0.05, 0) is 44.0 Å². The molecule has 0 bridgehead atoms. The average Bonchev–Trinajstić information content (AvgIpc) is 2.56. The van der Waals surface area contributed by atoms with Crippen LogP contribution in [0.4, 0.5) is 0 Å². The van der Waals surface area contributed by atoms with Crippen LogP contribution >= 0.6 is 0 Å². The van der Waals surface area contributed by atoms with E-state index in [-0.39, 0.29) is 5.91 Å². The Bertz CT molecular complexity index is 844. The number of hydrogen-bond donors (Lipinski definition) is 1. The summed E-state index contributed by atoms with van der Waals surface area (Å²) in [7, 11) is 0. The Kier molecular flexibility index (Phi) is 4.33. The first kappa shape index (κ1) is 15.2. The van der Waals surface area contributed by atoms with Crippen molar-refractivity contribution in [2.45, 2.75) is 20.3 Å². The van der Waals surface area contributed by atoms with Gasteiger partial charge in [0.05, 0.1) is 22.4 Å². The van der Waals surface area contributed by atoms with Crippen LogP contribution in [0.15, 0.2) is 48.5 Å². The average molecular weight is 305 g/mol. The Balaban J connectivity index is 1.69. The molecule has 1 amide bonds. The molecule has 3 aromatic rings. The van der Waals surface area contributed by atoms with E-state index < -0.39 is 0 Å². The third-order valence-corrected chi connectivity index (χ3v) is 3.88. The minimum atomic E-state index is -0.0807. The molecule has 4 heteroatoms. The summed E-state index contributed by atoms with van der Waals surface area (Å²) in [4.78, 5) is 21.3. The maximum Gasteiger partial charge on any atom is 0.251 e. The van der Waals surface area contributed by atoms with Gasteiger partial charge < -0.3 is 5.32 Å². The van der Waals surface area contributed by atoms with Gasteiger partial charge in [0.1, 0.15) is 0 Å². The number of aryl methyl sites for hydroxylation is 2. The molecule has 3 rings (SSSR count). The summed E-state index contributed by atoms with van der Waals surface area (Å²) in [6.07, 6.45) is 0.818. The van der Waals surface area contributed by atoms with Crippen molar-refractivity contribution in [3.63, 3.8) is 0 Å². The summed E-state index contributed by atoms with van der Waals surface area (Å²) in [5, 5.41) is 2.95. The van der Waals surface area contributed by atoms with Gasteiger partial charge in [0.2, 0.25) is 0 Å². The quantitative estimate of drug-likeness (QED) is 0.805. The van der Waals surface area contributed by atoms with Gasteiger partial charge in [-0.1, -0.05) is 30.3 Å². The number of benzene rings is 2. The molecule has 2 aromatic carbocycles. The summed E-state index contributed by atoms with van der Waals surface area (Å²) in [5.74, 6) is -0.0807. The molecule has 0 aliphatic carbocycles. The van der Waals surface area contributed by atoms with Crippen molar-refractivity contribution < 1.29 is 4.79 Å². The highest BCUT2D eigenvalue weighted by Gasteiger charge is 2.08. The fourth-order valence-electron chi connectivity index (χ4n) is 2.44. The van der Waals surface area contributed by atoms with E-state index in [0.29, 0.717) is 12.1 Å². The molecule has 0 aliphatic rings. The Morgan fingerprint density at radius 3 is 2.39 bits per heavy atom. The molecule has 0 saturated heterocycles. The van der Waals surface area contributed by atoms with E-state index in [0.717, 1.165) is 28.8 Å². The molecule has 0 fully saturated rings. The maximum absolute atomic E-state index is 12.3. The molecule has 1 heterocycles. The molecular formula is C19H19N3O. The zero-order chi connectivity index (χ0) is 16.2. The predicted molar refractivity (Wildman–Crippen MR) is 91.5 cm³/mol. The van der Waals surface area contributed by atoms with E-state index in [1.54, 1.807) is 12.1 Å². The van der Waals surface area contributed by atoms with Crippen LogP contribution in [-0.2, 0) is 6.42 Å². The zero-order valence-corrected chi connectivity index (χ0v) is 13.3. The Labute approximate surface area is 135 Å². The molecular weight excluding hydrogens is 286 g/mol.